The predicted octanol–water partition coefficient (Wildman–Crippen LogP) is -0.280. The molecule has 5 heavy (non-hydrogen) atoms. The molecule has 0 atom stereocenters. The molecule has 0 aromatic heterocycles. The van der Waals surface area contributed by atoms with Crippen LogP contribution >= 0.6 is 0 Å². The standard InChI is InChI=1S/Fe.Mn.O.Pr.Sr.2H/q;;;;+2;2*-1. The Balaban J connectivity index is -0.000000000500. The normalized spacial score (nSPS) is 1.00. The van der Waals surface area contributed by atoms with E-state index in [9.17, 15) is 0 Å². The van der Waals surface area contributed by atoms with Crippen LogP contribution in [0.4, 0.5) is 0 Å². The first kappa shape index (κ1) is 23.4. The Bertz CT molecular complexity index is 17.7. The average Bonchev–Trinajstić information content (AvgIpc) is 1.00. The molecule has 0 aromatic rings. The summed E-state index contributed by atoms with van der Waals surface area (Å²) in [6.07, 6.45) is 0. The summed E-state index contributed by atoms with van der Waals surface area (Å²) in [7, 11) is 0. The topological polar surface area (TPSA) is 17.1 Å². The zero-order valence-corrected chi connectivity index (χ0v) is 11.9. The van der Waals surface area contributed by atoms with Gasteiger partial charge in [-0.15, -0.1) is 0 Å². The van der Waals surface area contributed by atoms with E-state index in [1.165, 1.54) is 0 Å². The summed E-state index contributed by atoms with van der Waals surface area (Å²) in [5, 5.41) is 0. The summed E-state index contributed by atoms with van der Waals surface area (Å²) in [6.45, 7) is 0. The van der Waals surface area contributed by atoms with Gasteiger partial charge in [-0.2, -0.15) is 0 Å². The summed E-state index contributed by atoms with van der Waals surface area (Å²) >= 11 is 2.00. The number of hydrogen-bond donors (Lipinski definition) is 0. The van der Waals surface area contributed by atoms with Crippen LogP contribution in [-0.4, -0.2) is 45.5 Å². The zero-order valence-electron chi connectivity index (χ0n) is 4.42. The van der Waals surface area contributed by atoms with Crippen molar-refractivity contribution in [3.8, 4) is 0 Å². The monoisotopic (exact) mass is 358 g/mol. The first-order valence-electron chi connectivity index (χ1n) is 0.144. The summed E-state index contributed by atoms with van der Waals surface area (Å²) in [5.41, 5.74) is 0. The Morgan fingerprint density at radius 1 is 1.40 bits per heavy atom. The van der Waals surface area contributed by atoms with Gasteiger partial charge in [0.05, 0.1) is 0 Å². The van der Waals surface area contributed by atoms with E-state index >= 15 is 0 Å². The van der Waals surface area contributed by atoms with Gasteiger partial charge in [0.2, 0.25) is 0 Å². The molecule has 0 aliphatic rings. The van der Waals surface area contributed by atoms with Crippen molar-refractivity contribution < 1.29 is 81.0 Å². The summed E-state index contributed by atoms with van der Waals surface area (Å²) < 4.78 is 8.00. The van der Waals surface area contributed by atoms with Crippen LogP contribution in [0, 0.1) is 41.3 Å². The summed E-state index contributed by atoms with van der Waals surface area (Å²) in [4.78, 5) is 0. The maximum Gasteiger partial charge on any atom is 2.00 e. The van der Waals surface area contributed by atoms with Crippen LogP contribution < -0.4 is 0 Å². The van der Waals surface area contributed by atoms with Crippen molar-refractivity contribution in [3.05, 3.63) is 0 Å². The van der Waals surface area contributed by atoms with Crippen LogP contribution in [0.5, 0.6) is 0 Å². The molecule has 0 unspecified atom stereocenters. The second kappa shape index (κ2) is 25.3. The van der Waals surface area contributed by atoms with E-state index in [2.05, 4.69) is 0 Å². The van der Waals surface area contributed by atoms with Gasteiger partial charge in [-0.05, 0) is 0 Å². The minimum atomic E-state index is 0. The third kappa shape index (κ3) is 18.3. The van der Waals surface area contributed by atoms with Gasteiger partial charge in [0.1, 0.15) is 0 Å². The van der Waals surface area contributed by atoms with Crippen LogP contribution in [-0.2, 0) is 36.8 Å². The molecular weight excluding hydrogens is 355 g/mol. The van der Waals surface area contributed by atoms with Crippen LogP contribution in [0.2, 0.25) is 0 Å². The van der Waals surface area contributed by atoms with Crippen molar-refractivity contribution >= 4 is 45.5 Å². The SMILES string of the molecule is [H-].[H-].[Mn].[O]=[Fe].[Pr].[Sr+2]. The molecule has 0 spiro atoms. The molecule has 1 nitrogen and oxygen atoms in total. The third-order valence-corrected chi connectivity index (χ3v) is 0. The van der Waals surface area contributed by atoms with Crippen LogP contribution in [0.3, 0.4) is 0 Å². The van der Waals surface area contributed by atoms with Gasteiger partial charge in [-0.25, -0.2) is 0 Å². The maximum atomic E-state index is 8.00. The van der Waals surface area contributed by atoms with E-state index in [-0.39, 0.29) is 107 Å². The summed E-state index contributed by atoms with van der Waals surface area (Å²) in [6, 6.07) is 0. The molecule has 0 heterocycles. The van der Waals surface area contributed by atoms with E-state index in [4.69, 9.17) is 3.83 Å². The van der Waals surface area contributed by atoms with Gasteiger partial charge >= 0.3 is 65.3 Å². The molecule has 0 aromatic carbocycles. The molecule has 2 radical (unpaired) electrons. The Labute approximate surface area is 123 Å². The Kier molecular flexibility index (Phi) is 118. The van der Waals surface area contributed by atoms with E-state index in [0.717, 1.165) is 0 Å². The molecule has 5 heteroatoms. The molecule has 0 aliphatic heterocycles. The fourth-order valence-corrected chi connectivity index (χ4v) is 0. The Morgan fingerprint density at radius 2 is 1.40 bits per heavy atom. The molecule has 0 saturated carbocycles. The van der Waals surface area contributed by atoms with Crippen molar-refractivity contribution in [1.82, 2.24) is 0 Å². The van der Waals surface area contributed by atoms with Crippen molar-refractivity contribution in [2.75, 3.05) is 0 Å². The van der Waals surface area contributed by atoms with Gasteiger partial charge in [-0.1, -0.05) is 0 Å². The molecule has 0 fully saturated rings. The maximum absolute atomic E-state index is 8.00. The smallest absolute Gasteiger partial charge is 0 e. The molecule has 28 valence electrons. The fraction of sp³-hybridized carbons (Fsp3) is 0. The molecule has 0 saturated heterocycles. The van der Waals surface area contributed by atoms with E-state index in [1.54, 1.807) is 0 Å². The average molecular weight is 357 g/mol. The zero-order chi connectivity index (χ0) is 2.00. The first-order valence-corrected chi connectivity index (χ1v) is 0.595. The molecule has 0 amide bonds. The molecule has 0 aliphatic carbocycles. The Morgan fingerprint density at radius 3 is 1.40 bits per heavy atom. The minimum Gasteiger partial charge on any atom is 0 e. The van der Waals surface area contributed by atoms with E-state index < -0.39 is 0 Å². The van der Waals surface area contributed by atoms with Crippen LogP contribution in [0.15, 0.2) is 0 Å². The van der Waals surface area contributed by atoms with E-state index in [0.29, 0.717) is 0 Å². The Hall–Kier alpha value is 3.68. The van der Waals surface area contributed by atoms with Crippen molar-refractivity contribution in [3.63, 3.8) is 0 Å². The number of rotatable bonds is 0. The fourth-order valence-electron chi connectivity index (χ4n) is 0. The second-order valence-corrected chi connectivity index (χ2v) is 0. The van der Waals surface area contributed by atoms with Gasteiger partial charge in [0.25, 0.3) is 0 Å². The van der Waals surface area contributed by atoms with Gasteiger partial charge < -0.3 is 2.85 Å². The quantitative estimate of drug-likeness (QED) is 0.545. The predicted molar refractivity (Wildman–Crippen MR) is 8.66 cm³/mol. The first-order chi connectivity index (χ1) is 1.00. The summed E-state index contributed by atoms with van der Waals surface area (Å²) in [5.74, 6) is 0. The van der Waals surface area contributed by atoms with Crippen molar-refractivity contribution in [1.29, 1.82) is 0 Å². The largest absolute Gasteiger partial charge is 2.00 e. The van der Waals surface area contributed by atoms with E-state index in [1.807, 2.05) is 15.9 Å². The van der Waals surface area contributed by atoms with Gasteiger partial charge in [0.15, 0.2) is 0 Å². The minimum absolute atomic E-state index is 0. The van der Waals surface area contributed by atoms with Crippen LogP contribution in [0.25, 0.3) is 0 Å². The van der Waals surface area contributed by atoms with Gasteiger partial charge in [-0.3, -0.25) is 0 Å². The van der Waals surface area contributed by atoms with Crippen LogP contribution in [0.1, 0.15) is 2.85 Å². The molecule has 0 N–H and O–H groups in total. The molecule has 0 rings (SSSR count). The molecular formula is H2FeMnOPrSr. The second-order valence-electron chi connectivity index (χ2n) is 0. The third-order valence-electron chi connectivity index (χ3n) is 0. The number of hydrogen-bond acceptors (Lipinski definition) is 1. The van der Waals surface area contributed by atoms with Crippen molar-refractivity contribution in [2.45, 2.75) is 0 Å². The van der Waals surface area contributed by atoms with Gasteiger partial charge in [0, 0.05) is 58.4 Å². The van der Waals surface area contributed by atoms with Crippen molar-refractivity contribution in [2.24, 2.45) is 0 Å². The molecule has 0 bridgehead atoms.